The Morgan fingerprint density at radius 2 is 2.07 bits per heavy atom. The fourth-order valence-corrected chi connectivity index (χ4v) is 1.50. The van der Waals surface area contributed by atoms with Crippen LogP contribution in [0.5, 0.6) is 0 Å². The molecule has 0 atom stereocenters. The summed E-state index contributed by atoms with van der Waals surface area (Å²) < 4.78 is 13.8. The molecule has 1 heterocycles. The molecule has 0 aliphatic rings. The van der Waals surface area contributed by atoms with Gasteiger partial charge in [-0.2, -0.15) is 0 Å². The maximum atomic E-state index is 13.2. The van der Waals surface area contributed by atoms with Crippen LogP contribution in [0.2, 0.25) is 0 Å². The van der Waals surface area contributed by atoms with Crippen molar-refractivity contribution in [2.24, 2.45) is 0 Å². The topological polar surface area (TPSA) is 31.6 Å². The highest BCUT2D eigenvalue weighted by Crippen LogP contribution is 2.10. The van der Waals surface area contributed by atoms with Crippen LogP contribution in [0, 0.1) is 10.6 Å². The number of imidazole rings is 1. The fraction of sp³-hybridized carbons (Fsp3) is 0.100. The number of hydrogen-bond acceptors (Lipinski definition) is 1. The van der Waals surface area contributed by atoms with Gasteiger partial charge in [0.2, 0.25) is 0 Å². The largest absolute Gasteiger partial charge is 0.337 e. The van der Waals surface area contributed by atoms with Gasteiger partial charge in [-0.1, -0.05) is 18.2 Å². The molecular formula is C10H9FN2S. The number of nitrogens with one attached hydrogen (secondary N) is 2. The molecule has 72 valence electrons. The van der Waals surface area contributed by atoms with Gasteiger partial charge in [-0.25, -0.2) is 4.39 Å². The monoisotopic (exact) mass is 208 g/mol. The van der Waals surface area contributed by atoms with E-state index in [1.807, 2.05) is 6.07 Å². The molecule has 1 aromatic heterocycles. The summed E-state index contributed by atoms with van der Waals surface area (Å²) in [6.07, 6.45) is 2.29. The number of H-pyrrole nitrogens is 2. The molecule has 0 amide bonds. The summed E-state index contributed by atoms with van der Waals surface area (Å²) in [5, 5.41) is 0. The van der Waals surface area contributed by atoms with Gasteiger partial charge in [0.1, 0.15) is 5.82 Å². The average molecular weight is 208 g/mol. The first-order valence-electron chi connectivity index (χ1n) is 4.25. The Kier molecular flexibility index (Phi) is 2.45. The Morgan fingerprint density at radius 1 is 1.29 bits per heavy atom. The van der Waals surface area contributed by atoms with Crippen molar-refractivity contribution in [3.05, 3.63) is 52.3 Å². The fourth-order valence-electron chi connectivity index (χ4n) is 1.31. The number of aromatic amines is 2. The number of halogens is 1. The standard InChI is InChI=1S/C10H9FN2S/c11-9-4-2-1-3-7(9)5-8-6-12-10(14)13-8/h1-4,6H,5H2,(H2,12,13,14). The highest BCUT2D eigenvalue weighted by Gasteiger charge is 2.02. The van der Waals surface area contributed by atoms with Crippen molar-refractivity contribution < 1.29 is 4.39 Å². The van der Waals surface area contributed by atoms with Crippen LogP contribution in [-0.4, -0.2) is 9.97 Å². The molecule has 2 aromatic rings. The van der Waals surface area contributed by atoms with E-state index < -0.39 is 0 Å². The summed E-state index contributed by atoms with van der Waals surface area (Å²) in [5.41, 5.74) is 1.55. The van der Waals surface area contributed by atoms with E-state index in [4.69, 9.17) is 12.2 Å². The lowest BCUT2D eigenvalue weighted by atomic mass is 10.1. The molecule has 2 N–H and O–H groups in total. The van der Waals surface area contributed by atoms with E-state index in [0.717, 1.165) is 5.69 Å². The Hall–Kier alpha value is -1.42. The van der Waals surface area contributed by atoms with Gasteiger partial charge < -0.3 is 9.97 Å². The van der Waals surface area contributed by atoms with E-state index >= 15 is 0 Å². The molecule has 2 rings (SSSR count). The molecule has 0 aliphatic heterocycles. The maximum absolute atomic E-state index is 13.2. The highest BCUT2D eigenvalue weighted by molar-refractivity contribution is 7.71. The third kappa shape index (κ3) is 1.90. The van der Waals surface area contributed by atoms with Gasteiger partial charge in [-0.3, -0.25) is 0 Å². The third-order valence-corrected chi connectivity index (χ3v) is 2.21. The first kappa shape index (κ1) is 9.15. The lowest BCUT2D eigenvalue weighted by Gasteiger charge is -1.99. The van der Waals surface area contributed by atoms with Gasteiger partial charge in [0.15, 0.2) is 4.77 Å². The number of aromatic nitrogens is 2. The van der Waals surface area contributed by atoms with Crippen LogP contribution in [0.3, 0.4) is 0 Å². The summed E-state index contributed by atoms with van der Waals surface area (Å²) >= 11 is 4.88. The minimum Gasteiger partial charge on any atom is -0.337 e. The van der Waals surface area contributed by atoms with Gasteiger partial charge in [-0.15, -0.1) is 0 Å². The summed E-state index contributed by atoms with van der Waals surface area (Å²) in [4.78, 5) is 5.79. The molecule has 0 bridgehead atoms. The number of benzene rings is 1. The van der Waals surface area contributed by atoms with Crippen molar-refractivity contribution in [2.75, 3.05) is 0 Å². The van der Waals surface area contributed by atoms with E-state index in [1.54, 1.807) is 18.3 Å². The van der Waals surface area contributed by atoms with Gasteiger partial charge in [-0.05, 0) is 23.8 Å². The molecule has 0 unspecified atom stereocenters. The number of hydrogen-bond donors (Lipinski definition) is 2. The molecule has 0 saturated carbocycles. The Balaban J connectivity index is 2.27. The zero-order valence-electron chi connectivity index (χ0n) is 7.38. The van der Waals surface area contributed by atoms with Crippen LogP contribution in [0.1, 0.15) is 11.3 Å². The second-order valence-corrected chi connectivity index (χ2v) is 3.44. The minimum absolute atomic E-state index is 0.187. The van der Waals surface area contributed by atoms with Crippen LogP contribution in [-0.2, 0) is 6.42 Å². The van der Waals surface area contributed by atoms with Gasteiger partial charge >= 0.3 is 0 Å². The zero-order valence-corrected chi connectivity index (χ0v) is 8.20. The van der Waals surface area contributed by atoms with Gasteiger partial charge in [0, 0.05) is 18.3 Å². The second-order valence-electron chi connectivity index (χ2n) is 3.04. The van der Waals surface area contributed by atoms with Crippen molar-refractivity contribution in [2.45, 2.75) is 6.42 Å². The third-order valence-electron chi connectivity index (χ3n) is 1.99. The molecule has 1 aromatic carbocycles. The van der Waals surface area contributed by atoms with E-state index in [-0.39, 0.29) is 5.82 Å². The Bertz CT molecular complexity index is 487. The predicted octanol–water partition coefficient (Wildman–Crippen LogP) is 2.80. The van der Waals surface area contributed by atoms with Crippen molar-refractivity contribution in [3.8, 4) is 0 Å². The highest BCUT2D eigenvalue weighted by atomic mass is 32.1. The molecule has 0 radical (unpaired) electrons. The molecule has 0 fully saturated rings. The quantitative estimate of drug-likeness (QED) is 0.731. The maximum Gasteiger partial charge on any atom is 0.174 e. The average Bonchev–Trinajstić information content (AvgIpc) is 2.56. The van der Waals surface area contributed by atoms with Crippen molar-refractivity contribution >= 4 is 12.2 Å². The van der Waals surface area contributed by atoms with Crippen molar-refractivity contribution in [1.82, 2.24) is 9.97 Å². The van der Waals surface area contributed by atoms with Crippen LogP contribution >= 0.6 is 12.2 Å². The SMILES string of the molecule is Fc1ccccc1Cc1c[nH]c(=S)[nH]1. The molecule has 14 heavy (non-hydrogen) atoms. The summed E-state index contributed by atoms with van der Waals surface area (Å²) in [7, 11) is 0. The summed E-state index contributed by atoms with van der Waals surface area (Å²) in [6, 6.07) is 6.72. The lowest BCUT2D eigenvalue weighted by molar-refractivity contribution is 0.613. The van der Waals surface area contributed by atoms with E-state index in [0.29, 0.717) is 16.8 Å². The van der Waals surface area contributed by atoms with E-state index in [1.165, 1.54) is 6.07 Å². The van der Waals surface area contributed by atoms with E-state index in [2.05, 4.69) is 9.97 Å². The summed E-state index contributed by atoms with van der Waals surface area (Å²) in [6.45, 7) is 0. The normalized spacial score (nSPS) is 10.4. The Morgan fingerprint density at radius 3 is 2.71 bits per heavy atom. The van der Waals surface area contributed by atoms with Crippen LogP contribution in [0.4, 0.5) is 4.39 Å². The zero-order chi connectivity index (χ0) is 9.97. The smallest absolute Gasteiger partial charge is 0.174 e. The van der Waals surface area contributed by atoms with Gasteiger partial charge in [0.25, 0.3) is 0 Å². The number of rotatable bonds is 2. The molecule has 0 spiro atoms. The molecule has 4 heteroatoms. The van der Waals surface area contributed by atoms with E-state index in [9.17, 15) is 4.39 Å². The summed E-state index contributed by atoms with van der Waals surface area (Å²) in [5.74, 6) is -0.187. The lowest BCUT2D eigenvalue weighted by Crippen LogP contribution is -1.91. The van der Waals surface area contributed by atoms with Crippen LogP contribution in [0.25, 0.3) is 0 Å². The molecular weight excluding hydrogens is 199 g/mol. The van der Waals surface area contributed by atoms with Gasteiger partial charge in [0.05, 0.1) is 0 Å². The van der Waals surface area contributed by atoms with Crippen LogP contribution in [0.15, 0.2) is 30.5 Å². The van der Waals surface area contributed by atoms with Crippen LogP contribution < -0.4 is 0 Å². The molecule has 0 saturated heterocycles. The Labute approximate surface area is 85.8 Å². The minimum atomic E-state index is -0.187. The van der Waals surface area contributed by atoms with Crippen molar-refractivity contribution in [1.29, 1.82) is 0 Å². The molecule has 2 nitrogen and oxygen atoms in total. The van der Waals surface area contributed by atoms with Crippen molar-refractivity contribution in [3.63, 3.8) is 0 Å². The first-order chi connectivity index (χ1) is 6.75. The predicted molar refractivity (Wildman–Crippen MR) is 55.2 cm³/mol. The molecule has 0 aliphatic carbocycles. The second kappa shape index (κ2) is 3.75. The first-order valence-corrected chi connectivity index (χ1v) is 4.66.